The predicted molar refractivity (Wildman–Crippen MR) is 88.1 cm³/mol. The Kier molecular flexibility index (Phi) is 2.88. The van der Waals surface area contributed by atoms with Crippen LogP contribution in [-0.2, 0) is 19.0 Å². The molecule has 2 aromatic rings. The van der Waals surface area contributed by atoms with E-state index in [-0.39, 0.29) is 5.78 Å². The molecule has 0 aromatic carbocycles. The maximum Gasteiger partial charge on any atom is 0.167 e. The summed E-state index contributed by atoms with van der Waals surface area (Å²) in [5.74, 6) is -0.737. The van der Waals surface area contributed by atoms with Gasteiger partial charge in [-0.15, -0.1) is 0 Å². The smallest absolute Gasteiger partial charge is 0.167 e. The number of carbonyl (C=O) groups is 1. The highest BCUT2D eigenvalue weighted by Gasteiger charge is 2.76. The fraction of sp³-hybridized carbons (Fsp3) is 0.588. The van der Waals surface area contributed by atoms with E-state index >= 15 is 0 Å². The average Bonchev–Trinajstić information content (AvgIpc) is 3.20. The van der Waals surface area contributed by atoms with Gasteiger partial charge in [0.05, 0.1) is 5.39 Å². The van der Waals surface area contributed by atoms with Crippen molar-refractivity contribution < 1.29 is 19.0 Å². The number of hydrogen-bond donors (Lipinski definition) is 0. The lowest BCUT2D eigenvalue weighted by atomic mass is 9.84. The Bertz CT molecular complexity index is 912. The first-order chi connectivity index (χ1) is 11.8. The Morgan fingerprint density at radius 3 is 2.88 bits per heavy atom. The summed E-state index contributed by atoms with van der Waals surface area (Å²) >= 11 is 6.16. The molecule has 1 spiro atoms. The first-order valence-corrected chi connectivity index (χ1v) is 8.71. The van der Waals surface area contributed by atoms with E-state index < -0.39 is 29.3 Å². The molecule has 2 saturated heterocycles. The molecule has 0 radical (unpaired) electrons. The summed E-state index contributed by atoms with van der Waals surface area (Å²) in [6.45, 7) is 5.55. The maximum atomic E-state index is 12.6. The van der Waals surface area contributed by atoms with Crippen molar-refractivity contribution in [1.82, 2.24) is 14.5 Å². The lowest BCUT2D eigenvalue weighted by Gasteiger charge is -2.33. The summed E-state index contributed by atoms with van der Waals surface area (Å²) in [5, 5.41) is 1.11. The summed E-state index contributed by atoms with van der Waals surface area (Å²) in [4.78, 5) is 21.0. The maximum absolute atomic E-state index is 12.6. The second-order valence-electron chi connectivity index (χ2n) is 7.52. The first-order valence-electron chi connectivity index (χ1n) is 8.34. The number of hydrogen-bond acceptors (Lipinski definition) is 6. The third-order valence-corrected chi connectivity index (χ3v) is 6.01. The van der Waals surface area contributed by atoms with Crippen LogP contribution < -0.4 is 0 Å². The van der Waals surface area contributed by atoms with Crippen LogP contribution in [0.4, 0.5) is 0 Å². The molecule has 25 heavy (non-hydrogen) atoms. The van der Waals surface area contributed by atoms with Gasteiger partial charge in [0.15, 0.2) is 23.4 Å². The number of ether oxygens (including phenoxy) is 3. The van der Waals surface area contributed by atoms with Crippen molar-refractivity contribution in [3.05, 3.63) is 23.7 Å². The Labute approximate surface area is 149 Å². The Balaban J connectivity index is 1.68. The highest BCUT2D eigenvalue weighted by molar-refractivity contribution is 6.33. The van der Waals surface area contributed by atoms with Crippen molar-refractivity contribution >= 4 is 28.4 Å². The number of rotatable bonds is 1. The lowest BCUT2D eigenvalue weighted by Crippen LogP contribution is -2.53. The van der Waals surface area contributed by atoms with Gasteiger partial charge in [0.1, 0.15) is 28.8 Å². The molecule has 0 amide bonds. The zero-order chi connectivity index (χ0) is 17.6. The molecule has 4 heterocycles. The highest BCUT2D eigenvalue weighted by atomic mass is 35.5. The summed E-state index contributed by atoms with van der Waals surface area (Å²) in [6.07, 6.45) is 3.33. The molecule has 0 N–H and O–H groups in total. The van der Waals surface area contributed by atoms with E-state index in [0.717, 1.165) is 5.39 Å². The van der Waals surface area contributed by atoms with Gasteiger partial charge in [-0.1, -0.05) is 11.6 Å². The minimum absolute atomic E-state index is 0.0467. The standard InChI is InChI=1S/C17H18ClN3O4/c1-15(2)23-11-14(21-7-5-9-12(18)19-8-20-13(9)21)24-16(3)10(22)4-6-17(11,16)25-15/h5,7-8,11,14H,4,6H2,1-3H3/t11-,14+,16+,17-/m0/s1. The van der Waals surface area contributed by atoms with E-state index in [9.17, 15) is 4.79 Å². The third-order valence-electron chi connectivity index (χ3n) is 5.71. The van der Waals surface area contributed by atoms with Crippen LogP contribution in [0, 0.1) is 0 Å². The van der Waals surface area contributed by atoms with E-state index in [1.807, 2.05) is 37.6 Å². The molecule has 0 bridgehead atoms. The summed E-state index contributed by atoms with van der Waals surface area (Å²) in [6, 6.07) is 1.84. The molecular formula is C17H18ClN3O4. The molecule has 1 aliphatic carbocycles. The van der Waals surface area contributed by atoms with Crippen LogP contribution in [0.25, 0.3) is 11.0 Å². The van der Waals surface area contributed by atoms with Gasteiger partial charge in [-0.3, -0.25) is 4.79 Å². The van der Waals surface area contributed by atoms with Gasteiger partial charge in [0.25, 0.3) is 0 Å². The van der Waals surface area contributed by atoms with E-state index in [0.29, 0.717) is 23.6 Å². The van der Waals surface area contributed by atoms with E-state index in [1.54, 1.807) is 0 Å². The van der Waals surface area contributed by atoms with Gasteiger partial charge in [-0.2, -0.15) is 0 Å². The zero-order valence-corrected chi connectivity index (χ0v) is 14.9. The average molecular weight is 364 g/mol. The lowest BCUT2D eigenvalue weighted by molar-refractivity contribution is -0.227. The minimum atomic E-state index is -1.04. The molecule has 132 valence electrons. The van der Waals surface area contributed by atoms with Gasteiger partial charge < -0.3 is 18.8 Å². The van der Waals surface area contributed by atoms with Crippen LogP contribution in [-0.4, -0.2) is 43.4 Å². The minimum Gasteiger partial charge on any atom is -0.339 e. The summed E-state index contributed by atoms with van der Waals surface area (Å²) in [7, 11) is 0. The Morgan fingerprint density at radius 2 is 2.08 bits per heavy atom. The van der Waals surface area contributed by atoms with Crippen LogP contribution in [0.15, 0.2) is 18.6 Å². The molecule has 1 saturated carbocycles. The summed E-state index contributed by atoms with van der Waals surface area (Å²) < 4.78 is 20.6. The van der Waals surface area contributed by atoms with Gasteiger partial charge in [0.2, 0.25) is 0 Å². The Hall–Kier alpha value is -1.54. The molecular weight excluding hydrogens is 346 g/mol. The molecule has 3 fully saturated rings. The largest absolute Gasteiger partial charge is 0.339 e. The van der Waals surface area contributed by atoms with Crippen molar-refractivity contribution in [2.75, 3.05) is 0 Å². The van der Waals surface area contributed by atoms with E-state index in [2.05, 4.69) is 9.97 Å². The number of aromatic nitrogens is 3. The van der Waals surface area contributed by atoms with Gasteiger partial charge in [-0.05, 0) is 33.3 Å². The molecule has 7 nitrogen and oxygen atoms in total. The number of Topliss-reactive ketones (excluding diaryl/α,β-unsaturated/α-hetero) is 1. The van der Waals surface area contributed by atoms with E-state index in [1.165, 1.54) is 6.33 Å². The number of nitrogens with zero attached hydrogens (tertiary/aromatic N) is 3. The second-order valence-corrected chi connectivity index (χ2v) is 7.88. The second kappa shape index (κ2) is 4.59. The van der Waals surface area contributed by atoms with Crippen LogP contribution in [0.3, 0.4) is 0 Å². The monoisotopic (exact) mass is 363 g/mol. The van der Waals surface area contributed by atoms with E-state index in [4.69, 9.17) is 25.8 Å². The molecule has 4 atom stereocenters. The van der Waals surface area contributed by atoms with Crippen molar-refractivity contribution in [3.8, 4) is 0 Å². The molecule has 5 rings (SSSR count). The van der Waals surface area contributed by atoms with Crippen molar-refractivity contribution in [2.45, 2.75) is 62.9 Å². The van der Waals surface area contributed by atoms with Gasteiger partial charge >= 0.3 is 0 Å². The van der Waals surface area contributed by atoms with Gasteiger partial charge in [0, 0.05) is 12.6 Å². The Morgan fingerprint density at radius 1 is 1.28 bits per heavy atom. The fourth-order valence-electron chi connectivity index (χ4n) is 4.60. The zero-order valence-electron chi connectivity index (χ0n) is 14.2. The molecule has 3 aliphatic rings. The molecule has 2 aliphatic heterocycles. The van der Waals surface area contributed by atoms with Crippen molar-refractivity contribution in [3.63, 3.8) is 0 Å². The number of ketones is 1. The van der Waals surface area contributed by atoms with Gasteiger partial charge in [-0.25, -0.2) is 9.97 Å². The SMILES string of the molecule is CC1(C)O[C@H]2[C@H](n3ccc4c(Cl)ncnc43)O[C@]3(C)C(=O)CC[C@]23O1. The van der Waals surface area contributed by atoms with Crippen LogP contribution in [0.2, 0.25) is 5.15 Å². The number of carbonyl (C=O) groups excluding carboxylic acids is 1. The van der Waals surface area contributed by atoms with Crippen molar-refractivity contribution in [1.29, 1.82) is 0 Å². The third kappa shape index (κ3) is 1.79. The normalized spacial score (nSPS) is 39.1. The van der Waals surface area contributed by atoms with Crippen LogP contribution in [0.5, 0.6) is 0 Å². The quantitative estimate of drug-likeness (QED) is 0.725. The van der Waals surface area contributed by atoms with Crippen LogP contribution in [0.1, 0.15) is 39.8 Å². The van der Waals surface area contributed by atoms with Crippen LogP contribution >= 0.6 is 11.6 Å². The highest BCUT2D eigenvalue weighted by Crippen LogP contribution is 2.61. The molecule has 0 unspecified atom stereocenters. The number of fused-ring (bicyclic) bond motifs is 1. The topological polar surface area (TPSA) is 75.5 Å². The number of halogens is 1. The fourth-order valence-corrected chi connectivity index (χ4v) is 4.79. The molecule has 8 heteroatoms. The summed E-state index contributed by atoms with van der Waals surface area (Å²) in [5.41, 5.74) is -1.18. The first kappa shape index (κ1) is 15.7. The van der Waals surface area contributed by atoms with Crippen molar-refractivity contribution in [2.24, 2.45) is 0 Å². The molecule has 2 aromatic heterocycles. The predicted octanol–water partition coefficient (Wildman–Crippen LogP) is 2.63.